The molecule has 0 radical (unpaired) electrons. The Morgan fingerprint density at radius 1 is 0.973 bits per heavy atom. The van der Waals surface area contributed by atoms with Crippen LogP contribution in [-0.2, 0) is 19.4 Å². The van der Waals surface area contributed by atoms with E-state index in [-0.39, 0.29) is 17.0 Å². The number of pyridine rings is 1. The number of rotatable bonds is 8. The van der Waals surface area contributed by atoms with E-state index in [1.165, 1.54) is 51.6 Å². The van der Waals surface area contributed by atoms with Crippen molar-refractivity contribution in [1.29, 1.82) is 0 Å². The van der Waals surface area contributed by atoms with E-state index < -0.39 is 0 Å². The second-order valence-corrected chi connectivity index (χ2v) is 9.66. The average molecular weight is 562 g/mol. The van der Waals surface area contributed by atoms with E-state index in [9.17, 15) is 0 Å². The van der Waals surface area contributed by atoms with E-state index in [1.54, 1.807) is 7.11 Å². The second kappa shape index (κ2) is 11.0. The van der Waals surface area contributed by atoms with E-state index in [4.69, 9.17) is 14.2 Å². The minimum absolute atomic E-state index is 0. The van der Waals surface area contributed by atoms with E-state index >= 15 is 0 Å². The third-order valence-corrected chi connectivity index (χ3v) is 7.39. The number of ether oxygens (including phenoxy) is 3. The van der Waals surface area contributed by atoms with Gasteiger partial charge in [0.15, 0.2) is 24.2 Å². The van der Waals surface area contributed by atoms with Crippen molar-refractivity contribution in [3.63, 3.8) is 0 Å². The van der Waals surface area contributed by atoms with E-state index in [0.29, 0.717) is 6.79 Å². The zero-order chi connectivity index (χ0) is 24.5. The summed E-state index contributed by atoms with van der Waals surface area (Å²) in [4.78, 5) is 0. The van der Waals surface area contributed by atoms with Gasteiger partial charge in [0.2, 0.25) is 12.5 Å². The summed E-state index contributed by atoms with van der Waals surface area (Å²) in [6.45, 7) is 4.39. The Hall–Kier alpha value is -3.25. The number of hydrogen-bond acceptors (Lipinski definition) is 4. The van der Waals surface area contributed by atoms with Crippen LogP contribution in [0.3, 0.4) is 0 Å². The Bertz CT molecular complexity index is 1420. The van der Waals surface area contributed by atoms with Crippen LogP contribution >= 0.6 is 0 Å². The Labute approximate surface area is 229 Å². The van der Waals surface area contributed by atoms with Crippen LogP contribution in [0.1, 0.15) is 42.9 Å². The molecule has 0 bridgehead atoms. The highest BCUT2D eigenvalue weighted by Crippen LogP contribution is 2.43. The lowest BCUT2D eigenvalue weighted by molar-refractivity contribution is -0.686. The monoisotopic (exact) mass is 560 g/mol. The second-order valence-electron chi connectivity index (χ2n) is 9.66. The number of unbranched alkanes of at least 4 members (excludes halogenated alkanes) is 2. The third-order valence-electron chi connectivity index (χ3n) is 7.39. The number of aryl methyl sites for hydroxylation is 2. The van der Waals surface area contributed by atoms with Gasteiger partial charge in [-0.15, -0.1) is 0 Å². The molecular formula is C31H33BrN2O3. The highest BCUT2D eigenvalue weighted by Gasteiger charge is 2.32. The fraction of sp³-hybridized carbons (Fsp3) is 0.323. The number of hydrogen-bond donors (Lipinski definition) is 1. The van der Waals surface area contributed by atoms with E-state index in [2.05, 4.69) is 77.6 Å². The largest absolute Gasteiger partial charge is 1.00 e. The maximum absolute atomic E-state index is 5.82. The van der Waals surface area contributed by atoms with Crippen LogP contribution < -0.4 is 41.1 Å². The number of fused-ring (bicyclic) bond motifs is 5. The zero-order valence-electron chi connectivity index (χ0n) is 21.5. The fourth-order valence-corrected chi connectivity index (χ4v) is 5.58. The van der Waals surface area contributed by atoms with E-state index in [1.807, 2.05) is 0 Å². The third kappa shape index (κ3) is 4.75. The molecule has 0 amide bonds. The number of anilines is 1. The van der Waals surface area contributed by atoms with Crippen molar-refractivity contribution in [3.8, 4) is 28.5 Å². The number of benzene rings is 3. The molecule has 37 heavy (non-hydrogen) atoms. The number of nitrogens with one attached hydrogen (secondary N) is 1. The lowest BCUT2D eigenvalue weighted by Crippen LogP contribution is -3.00. The van der Waals surface area contributed by atoms with Crippen molar-refractivity contribution < 1.29 is 35.8 Å². The van der Waals surface area contributed by atoms with Crippen LogP contribution in [-0.4, -0.2) is 20.4 Å². The van der Waals surface area contributed by atoms with Crippen LogP contribution in [0.25, 0.3) is 22.0 Å². The zero-order valence-corrected chi connectivity index (χ0v) is 23.1. The fourth-order valence-electron chi connectivity index (χ4n) is 5.58. The average Bonchev–Trinajstić information content (AvgIpc) is 3.37. The predicted octanol–water partition coefficient (Wildman–Crippen LogP) is 3.28. The van der Waals surface area contributed by atoms with Gasteiger partial charge < -0.3 is 36.5 Å². The molecular weight excluding hydrogens is 528 g/mol. The standard InChI is InChI=1S/C31H32N2O3.BrH/c1-3-4-8-14-32-30-26-19-33-15-13-22-17-28-29(36-20-35-28)18-24(22)31(33)25(16-21-9-6-5-7-10-21)23(26)11-12-27(30)34-2;/h5-7,9-12,17-19H,3-4,8,13-16,20H2,1-2H3;1H. The SMILES string of the molecule is CCCCCNc1c(OC)ccc2c(Cc3ccccc3)c3[n+](cc12)CCc1cc2c(cc1-3)OCO2.[Br-]. The molecule has 6 rings (SSSR count). The van der Waals surface area contributed by atoms with Gasteiger partial charge in [0, 0.05) is 30.3 Å². The minimum atomic E-state index is 0. The molecule has 3 aromatic carbocycles. The summed E-state index contributed by atoms with van der Waals surface area (Å²) in [5.74, 6) is 2.58. The quantitative estimate of drug-likeness (QED) is 0.265. The Morgan fingerprint density at radius 2 is 1.78 bits per heavy atom. The van der Waals surface area contributed by atoms with Gasteiger partial charge in [-0.2, -0.15) is 4.57 Å². The molecule has 0 saturated heterocycles. The predicted molar refractivity (Wildman–Crippen MR) is 143 cm³/mol. The molecule has 0 fully saturated rings. The summed E-state index contributed by atoms with van der Waals surface area (Å²) in [6.07, 6.45) is 7.70. The maximum atomic E-state index is 5.82. The van der Waals surface area contributed by atoms with Crippen LogP contribution in [0.4, 0.5) is 5.69 Å². The summed E-state index contributed by atoms with van der Waals surface area (Å²) in [5, 5.41) is 6.19. The van der Waals surface area contributed by atoms with Crippen LogP contribution in [0.5, 0.6) is 17.2 Å². The molecule has 0 spiro atoms. The normalized spacial score (nSPS) is 13.0. The maximum Gasteiger partial charge on any atom is 0.231 e. The van der Waals surface area contributed by atoms with Gasteiger partial charge >= 0.3 is 0 Å². The molecule has 6 heteroatoms. The minimum Gasteiger partial charge on any atom is -1.00 e. The van der Waals surface area contributed by atoms with E-state index in [0.717, 1.165) is 55.3 Å². The van der Waals surface area contributed by atoms with Crippen molar-refractivity contribution in [2.75, 3.05) is 25.8 Å². The molecule has 5 nitrogen and oxygen atoms in total. The van der Waals surface area contributed by atoms with Gasteiger partial charge in [0.05, 0.1) is 23.7 Å². The first-order valence-electron chi connectivity index (χ1n) is 13.0. The first kappa shape index (κ1) is 25.4. The molecule has 2 aliphatic heterocycles. The van der Waals surface area contributed by atoms with Crippen molar-refractivity contribution >= 4 is 16.5 Å². The van der Waals surface area contributed by atoms with Gasteiger partial charge in [0.1, 0.15) is 5.75 Å². The Morgan fingerprint density at radius 3 is 2.57 bits per heavy atom. The first-order valence-corrected chi connectivity index (χ1v) is 13.0. The van der Waals surface area contributed by atoms with Crippen LogP contribution in [0, 0.1) is 0 Å². The Kier molecular flexibility index (Phi) is 7.56. The number of methoxy groups -OCH3 is 1. The molecule has 0 atom stereocenters. The molecule has 0 saturated carbocycles. The van der Waals surface area contributed by atoms with Gasteiger partial charge in [-0.05, 0) is 41.8 Å². The lowest BCUT2D eigenvalue weighted by Gasteiger charge is -2.22. The highest BCUT2D eigenvalue weighted by atomic mass is 79.9. The lowest BCUT2D eigenvalue weighted by atomic mass is 9.88. The molecule has 192 valence electrons. The van der Waals surface area contributed by atoms with Crippen molar-refractivity contribution in [3.05, 3.63) is 77.5 Å². The summed E-state index contributed by atoms with van der Waals surface area (Å²) in [7, 11) is 1.76. The number of aromatic nitrogens is 1. The number of nitrogens with zero attached hydrogens (tertiary/aromatic N) is 1. The first-order chi connectivity index (χ1) is 17.8. The van der Waals surface area contributed by atoms with Gasteiger partial charge in [-0.1, -0.05) is 50.1 Å². The molecule has 1 N–H and O–H groups in total. The smallest absolute Gasteiger partial charge is 0.231 e. The number of halogens is 1. The summed E-state index contributed by atoms with van der Waals surface area (Å²) in [5.41, 5.74) is 7.55. The highest BCUT2D eigenvalue weighted by molar-refractivity contribution is 6.00. The van der Waals surface area contributed by atoms with Crippen LogP contribution in [0.2, 0.25) is 0 Å². The molecule has 0 unspecified atom stereocenters. The van der Waals surface area contributed by atoms with Gasteiger partial charge in [0.25, 0.3) is 0 Å². The van der Waals surface area contributed by atoms with Crippen LogP contribution in [0.15, 0.2) is 60.8 Å². The molecule has 2 aliphatic rings. The van der Waals surface area contributed by atoms with Gasteiger partial charge in [-0.25, -0.2) is 0 Å². The topological polar surface area (TPSA) is 43.6 Å². The summed E-state index contributed by atoms with van der Waals surface area (Å²) >= 11 is 0. The van der Waals surface area contributed by atoms with Crippen molar-refractivity contribution in [2.45, 2.75) is 45.6 Å². The summed E-state index contributed by atoms with van der Waals surface area (Å²) in [6, 6.07) is 19.4. The van der Waals surface area contributed by atoms with Crippen molar-refractivity contribution in [1.82, 2.24) is 0 Å². The summed E-state index contributed by atoms with van der Waals surface area (Å²) < 4.78 is 19.7. The van der Waals surface area contributed by atoms with Crippen molar-refractivity contribution in [2.24, 2.45) is 0 Å². The molecule has 4 aromatic rings. The molecule has 0 aliphatic carbocycles. The Balaban J connectivity index is 0.00000280. The van der Waals surface area contributed by atoms with Gasteiger partial charge in [-0.3, -0.25) is 0 Å². The molecule has 3 heterocycles. The molecule has 1 aromatic heterocycles.